The second-order valence-corrected chi connectivity index (χ2v) is 12.6. The number of benzene rings is 1. The Labute approximate surface area is 135 Å². The summed E-state index contributed by atoms with van der Waals surface area (Å²) in [7, 11) is 0.758. The van der Waals surface area contributed by atoms with Crippen molar-refractivity contribution in [3.8, 4) is 0 Å². The summed E-state index contributed by atoms with van der Waals surface area (Å²) in [5.74, 6) is 0. The van der Waals surface area contributed by atoms with Crippen LogP contribution in [0.4, 0.5) is 0 Å². The van der Waals surface area contributed by atoms with Crippen LogP contribution in [-0.2, 0) is 7.05 Å². The zero-order valence-electron chi connectivity index (χ0n) is 14.4. The Morgan fingerprint density at radius 2 is 1.73 bits per heavy atom. The minimum absolute atomic E-state index is 1.25. The number of allylic oxidation sites excluding steroid dienone is 1. The molecule has 1 fully saturated rings. The van der Waals surface area contributed by atoms with Crippen LogP contribution in [0.2, 0.25) is 19.6 Å². The summed E-state index contributed by atoms with van der Waals surface area (Å²) in [5.41, 5.74) is 8.13. The second-order valence-electron chi connectivity index (χ2n) is 7.56. The molecular formula is C20H27NSi. The van der Waals surface area contributed by atoms with Crippen LogP contribution in [0.5, 0.6) is 0 Å². The van der Waals surface area contributed by atoms with Crippen molar-refractivity contribution in [1.82, 2.24) is 4.57 Å². The van der Waals surface area contributed by atoms with Crippen molar-refractivity contribution in [3.63, 3.8) is 0 Å². The third-order valence-electron chi connectivity index (χ3n) is 4.72. The van der Waals surface area contributed by atoms with Crippen LogP contribution in [0.1, 0.15) is 37.8 Å². The molecule has 0 saturated heterocycles. The molecule has 0 bridgehead atoms. The fraction of sp³-hybridized carbons (Fsp3) is 0.450. The Morgan fingerprint density at radius 1 is 1.05 bits per heavy atom. The predicted octanol–water partition coefficient (Wildman–Crippen LogP) is 5.93. The normalized spacial score (nSPS) is 15.9. The fourth-order valence-electron chi connectivity index (χ4n) is 3.44. The van der Waals surface area contributed by atoms with E-state index >= 15 is 0 Å². The summed E-state index contributed by atoms with van der Waals surface area (Å²) in [5, 5.41) is 2.83. The van der Waals surface area contributed by atoms with E-state index < -0.39 is 8.07 Å². The molecule has 1 saturated carbocycles. The Morgan fingerprint density at radius 3 is 2.36 bits per heavy atom. The molecular weight excluding hydrogens is 282 g/mol. The van der Waals surface area contributed by atoms with E-state index in [-0.39, 0.29) is 0 Å². The lowest BCUT2D eigenvalue weighted by Crippen LogP contribution is -2.23. The number of nitrogens with zero attached hydrogens (tertiary/aromatic N) is 1. The van der Waals surface area contributed by atoms with Gasteiger partial charge in [-0.25, -0.2) is 0 Å². The van der Waals surface area contributed by atoms with Gasteiger partial charge in [0, 0.05) is 28.8 Å². The van der Waals surface area contributed by atoms with Gasteiger partial charge < -0.3 is 4.57 Å². The van der Waals surface area contributed by atoms with Crippen LogP contribution in [0, 0.1) is 0 Å². The highest BCUT2D eigenvalue weighted by molar-refractivity contribution is 6.93. The largest absolute Gasteiger partial charge is 0.344 e. The molecule has 0 amide bonds. The van der Waals surface area contributed by atoms with Gasteiger partial charge in [-0.1, -0.05) is 44.3 Å². The van der Waals surface area contributed by atoms with Gasteiger partial charge in [0.1, 0.15) is 0 Å². The van der Waals surface area contributed by atoms with Crippen molar-refractivity contribution in [3.05, 3.63) is 47.3 Å². The van der Waals surface area contributed by atoms with E-state index in [1.54, 1.807) is 5.57 Å². The quantitative estimate of drug-likeness (QED) is 0.479. The van der Waals surface area contributed by atoms with E-state index in [2.05, 4.69) is 67.3 Å². The molecule has 0 N–H and O–H groups in total. The van der Waals surface area contributed by atoms with Crippen molar-refractivity contribution in [1.29, 1.82) is 0 Å². The maximum Gasteiger partial charge on any atom is 0.0903 e. The maximum absolute atomic E-state index is 3.89. The fourth-order valence-corrected chi connectivity index (χ4v) is 5.00. The summed E-state index contributed by atoms with van der Waals surface area (Å²) in [6.45, 7) is 7.32. The van der Waals surface area contributed by atoms with Crippen molar-refractivity contribution >= 4 is 24.2 Å². The van der Waals surface area contributed by atoms with Gasteiger partial charge >= 0.3 is 0 Å². The average molecular weight is 310 g/mol. The molecule has 0 spiro atoms. The van der Waals surface area contributed by atoms with Crippen LogP contribution in [0.15, 0.2) is 41.6 Å². The van der Waals surface area contributed by atoms with E-state index in [9.17, 15) is 0 Å². The molecule has 1 aromatic carbocycles. The van der Waals surface area contributed by atoms with Crippen molar-refractivity contribution in [2.45, 2.75) is 51.7 Å². The molecule has 0 unspecified atom stereocenters. The molecule has 1 aliphatic carbocycles. The average Bonchev–Trinajstić information content (AvgIpc) is 2.82. The van der Waals surface area contributed by atoms with Gasteiger partial charge in [0.05, 0.1) is 8.07 Å². The van der Waals surface area contributed by atoms with Crippen molar-refractivity contribution in [2.75, 3.05) is 0 Å². The monoisotopic (exact) mass is 309 g/mol. The van der Waals surface area contributed by atoms with Crippen molar-refractivity contribution < 1.29 is 0 Å². The van der Waals surface area contributed by atoms with Gasteiger partial charge in [0.25, 0.3) is 0 Å². The molecule has 0 aliphatic heterocycles. The molecule has 22 heavy (non-hydrogen) atoms. The predicted molar refractivity (Wildman–Crippen MR) is 99.8 cm³/mol. The number of para-hydroxylation sites is 1. The smallest absolute Gasteiger partial charge is 0.0903 e. The molecule has 1 nitrogen and oxygen atoms in total. The topological polar surface area (TPSA) is 4.93 Å². The minimum Gasteiger partial charge on any atom is -0.344 e. The third kappa shape index (κ3) is 2.99. The lowest BCUT2D eigenvalue weighted by atomic mass is 9.95. The van der Waals surface area contributed by atoms with E-state index in [4.69, 9.17) is 0 Å². The van der Waals surface area contributed by atoms with Gasteiger partial charge in [-0.15, -0.1) is 5.73 Å². The first-order valence-electron chi connectivity index (χ1n) is 8.51. The third-order valence-corrected chi connectivity index (χ3v) is 6.60. The first kappa shape index (κ1) is 15.4. The van der Waals surface area contributed by atoms with Crippen LogP contribution >= 0.6 is 0 Å². The number of aryl methyl sites for hydroxylation is 1. The van der Waals surface area contributed by atoms with Crippen LogP contribution in [0.25, 0.3) is 16.1 Å². The summed E-state index contributed by atoms with van der Waals surface area (Å²) in [6, 6.07) is 11.1. The summed E-state index contributed by atoms with van der Waals surface area (Å²) < 4.78 is 2.36. The van der Waals surface area contributed by atoms with Crippen LogP contribution in [-0.4, -0.2) is 12.6 Å². The summed E-state index contributed by atoms with van der Waals surface area (Å²) >= 11 is 0. The van der Waals surface area contributed by atoms with E-state index in [1.165, 1.54) is 53.9 Å². The molecule has 2 heteroatoms. The van der Waals surface area contributed by atoms with Gasteiger partial charge in [0.15, 0.2) is 0 Å². The molecule has 1 aromatic heterocycles. The molecule has 1 aliphatic rings. The van der Waals surface area contributed by atoms with E-state index in [1.807, 2.05) is 0 Å². The molecule has 1 heterocycles. The zero-order chi connectivity index (χ0) is 15.7. The number of aromatic nitrogens is 1. The first-order valence-corrected chi connectivity index (χ1v) is 12.0. The highest BCUT2D eigenvalue weighted by Crippen LogP contribution is 2.31. The standard InChI is InChI=1S/C20H27NSi/c1-21-18-13-9-8-12-17(18)15-19(21)20(22(2,3)4)14-16-10-6-5-7-11-16/h8-9,12-13,15H,5-7,10-11H2,1-4H3. The Kier molecular flexibility index (Phi) is 4.16. The molecule has 0 radical (unpaired) electrons. The Balaban J connectivity index is 2.21. The number of hydrogen-bond donors (Lipinski definition) is 0. The first-order chi connectivity index (χ1) is 10.5. The maximum atomic E-state index is 3.89. The molecule has 0 atom stereocenters. The van der Waals surface area contributed by atoms with Crippen molar-refractivity contribution in [2.24, 2.45) is 7.05 Å². The number of fused-ring (bicyclic) bond motifs is 1. The zero-order valence-corrected chi connectivity index (χ0v) is 15.4. The highest BCUT2D eigenvalue weighted by Gasteiger charge is 2.24. The Bertz CT molecular complexity index is 744. The molecule has 2 aromatic rings. The van der Waals surface area contributed by atoms with Gasteiger partial charge in [-0.05, 0) is 43.4 Å². The highest BCUT2D eigenvalue weighted by atomic mass is 28.3. The van der Waals surface area contributed by atoms with E-state index in [0.717, 1.165) is 0 Å². The lowest BCUT2D eigenvalue weighted by Gasteiger charge is -2.21. The van der Waals surface area contributed by atoms with Gasteiger partial charge in [-0.3, -0.25) is 0 Å². The lowest BCUT2D eigenvalue weighted by molar-refractivity contribution is 0.600. The van der Waals surface area contributed by atoms with Gasteiger partial charge in [-0.2, -0.15) is 0 Å². The Hall–Kier alpha value is -1.50. The van der Waals surface area contributed by atoms with Gasteiger partial charge in [0.2, 0.25) is 0 Å². The number of hydrogen-bond acceptors (Lipinski definition) is 0. The summed E-state index contributed by atoms with van der Waals surface area (Å²) in [6.07, 6.45) is 6.57. The molecule has 116 valence electrons. The van der Waals surface area contributed by atoms with Crippen LogP contribution < -0.4 is 0 Å². The number of rotatable bonds is 2. The SMILES string of the molecule is Cn1c(C(=C=C2CCCCC2)[Si](C)(C)C)cc2ccccc21. The second kappa shape index (κ2) is 5.95. The van der Waals surface area contributed by atoms with E-state index in [0.29, 0.717) is 0 Å². The van der Waals surface area contributed by atoms with Crippen LogP contribution in [0.3, 0.4) is 0 Å². The minimum atomic E-state index is -1.44. The summed E-state index contributed by atoms with van der Waals surface area (Å²) in [4.78, 5) is 0. The molecule has 3 rings (SSSR count).